The highest BCUT2D eigenvalue weighted by atomic mass is 16.3. The zero-order valence-electron chi connectivity index (χ0n) is 21.2. The molecule has 1 heteroatoms. The van der Waals surface area contributed by atoms with Gasteiger partial charge in [-0.05, 0) is 108 Å². The normalized spacial score (nSPS) is 56.2. The van der Waals surface area contributed by atoms with Crippen LogP contribution in [0.25, 0.3) is 0 Å². The Labute approximate surface area is 186 Å². The van der Waals surface area contributed by atoms with Crippen LogP contribution in [-0.4, -0.2) is 11.2 Å². The van der Waals surface area contributed by atoms with E-state index in [1.807, 2.05) is 5.57 Å². The van der Waals surface area contributed by atoms with E-state index >= 15 is 0 Å². The fraction of sp³-hybridized carbons (Fsp3) is 0.931. The van der Waals surface area contributed by atoms with Gasteiger partial charge in [-0.2, -0.15) is 0 Å². The molecule has 0 amide bonds. The minimum absolute atomic E-state index is 0.0545. The van der Waals surface area contributed by atoms with Gasteiger partial charge in [0.15, 0.2) is 0 Å². The lowest BCUT2D eigenvalue weighted by molar-refractivity contribution is -0.194. The van der Waals surface area contributed by atoms with Gasteiger partial charge in [-0.15, -0.1) is 0 Å². The van der Waals surface area contributed by atoms with Gasteiger partial charge in [0.25, 0.3) is 0 Å². The lowest BCUT2D eigenvalue weighted by Gasteiger charge is -2.68. The number of hydrogen-bond acceptors (Lipinski definition) is 1. The fourth-order valence-corrected chi connectivity index (χ4v) is 10.6. The first-order valence-electron chi connectivity index (χ1n) is 13.1. The van der Waals surface area contributed by atoms with Gasteiger partial charge in [0.1, 0.15) is 0 Å². The van der Waals surface area contributed by atoms with Gasteiger partial charge < -0.3 is 5.11 Å². The van der Waals surface area contributed by atoms with E-state index in [1.54, 1.807) is 0 Å². The quantitative estimate of drug-likeness (QED) is 0.403. The number of fused-ring (bicyclic) bond motifs is 7. The second kappa shape index (κ2) is 5.98. The van der Waals surface area contributed by atoms with Gasteiger partial charge in [0.05, 0.1) is 6.10 Å². The summed E-state index contributed by atoms with van der Waals surface area (Å²) in [6, 6.07) is 0. The SMILES string of the molecule is CC1(C)CCC2(C)CC3(C)C(=CCC4C5(C)CCC(O)C(C)(C)C5CCC43C)C2C1. The molecule has 4 fully saturated rings. The van der Waals surface area contributed by atoms with Gasteiger partial charge >= 0.3 is 0 Å². The van der Waals surface area contributed by atoms with Crippen molar-refractivity contribution in [3.05, 3.63) is 11.6 Å². The summed E-state index contributed by atoms with van der Waals surface area (Å²) in [5, 5.41) is 10.9. The first-order valence-corrected chi connectivity index (χ1v) is 13.1. The molecule has 5 aliphatic rings. The van der Waals surface area contributed by atoms with Crippen molar-refractivity contribution in [2.45, 2.75) is 119 Å². The summed E-state index contributed by atoms with van der Waals surface area (Å²) in [6.07, 6.45) is 14.4. The highest BCUT2D eigenvalue weighted by molar-refractivity contribution is 5.36. The Morgan fingerprint density at radius 2 is 1.53 bits per heavy atom. The van der Waals surface area contributed by atoms with E-state index in [0.29, 0.717) is 33.0 Å². The summed E-state index contributed by atoms with van der Waals surface area (Å²) in [4.78, 5) is 0. The fourth-order valence-electron chi connectivity index (χ4n) is 10.6. The summed E-state index contributed by atoms with van der Waals surface area (Å²) in [6.45, 7) is 20.4. The molecular formula is C29H48O. The predicted octanol–water partition coefficient (Wildman–Crippen LogP) is 7.78. The molecule has 0 aromatic carbocycles. The second-order valence-electron chi connectivity index (χ2n) is 14.9. The lowest BCUT2D eigenvalue weighted by atomic mass is 9.37. The lowest BCUT2D eigenvalue weighted by Crippen LogP contribution is -2.62. The summed E-state index contributed by atoms with van der Waals surface area (Å²) in [5.74, 6) is 2.23. The summed E-state index contributed by atoms with van der Waals surface area (Å²) in [5.41, 5.74) is 4.08. The molecule has 1 nitrogen and oxygen atoms in total. The standard InChI is InChI=1S/C29H48O/c1-24(2)15-16-26(5)18-29(8)19(20(26)17-24)9-10-22-27(6)13-12-23(30)25(3,4)21(27)11-14-28(22,29)7/h9,20-23,30H,10-18H2,1-8H3. The molecule has 0 saturated heterocycles. The first kappa shape index (κ1) is 21.5. The zero-order valence-corrected chi connectivity index (χ0v) is 21.2. The number of aliphatic hydroxyl groups is 1. The highest BCUT2D eigenvalue weighted by Crippen LogP contribution is 2.77. The zero-order chi connectivity index (χ0) is 22.0. The van der Waals surface area contributed by atoms with Crippen molar-refractivity contribution in [2.75, 3.05) is 0 Å². The predicted molar refractivity (Wildman–Crippen MR) is 126 cm³/mol. The summed E-state index contributed by atoms with van der Waals surface area (Å²) in [7, 11) is 0. The van der Waals surface area contributed by atoms with E-state index in [9.17, 15) is 5.11 Å². The van der Waals surface area contributed by atoms with E-state index in [-0.39, 0.29) is 11.5 Å². The average Bonchev–Trinajstić information content (AvgIpc) is 2.86. The van der Waals surface area contributed by atoms with Crippen LogP contribution in [0.3, 0.4) is 0 Å². The molecule has 170 valence electrons. The van der Waals surface area contributed by atoms with Crippen LogP contribution >= 0.6 is 0 Å². The van der Waals surface area contributed by atoms with E-state index in [2.05, 4.69) is 61.5 Å². The van der Waals surface area contributed by atoms with Crippen molar-refractivity contribution >= 4 is 0 Å². The molecule has 5 rings (SSSR count). The van der Waals surface area contributed by atoms with Crippen LogP contribution in [0.4, 0.5) is 0 Å². The third-order valence-corrected chi connectivity index (χ3v) is 12.6. The van der Waals surface area contributed by atoms with Crippen molar-refractivity contribution in [2.24, 2.45) is 50.2 Å². The monoisotopic (exact) mass is 412 g/mol. The molecule has 0 aromatic rings. The van der Waals surface area contributed by atoms with Crippen molar-refractivity contribution in [1.82, 2.24) is 0 Å². The van der Waals surface area contributed by atoms with E-state index in [1.165, 1.54) is 51.4 Å². The van der Waals surface area contributed by atoms with Gasteiger partial charge in [-0.3, -0.25) is 0 Å². The molecule has 30 heavy (non-hydrogen) atoms. The van der Waals surface area contributed by atoms with Crippen LogP contribution in [0.1, 0.15) is 113 Å². The van der Waals surface area contributed by atoms with Crippen molar-refractivity contribution in [3.8, 4) is 0 Å². The Morgan fingerprint density at radius 1 is 0.833 bits per heavy atom. The Bertz CT molecular complexity index is 775. The smallest absolute Gasteiger partial charge is 0.0594 e. The van der Waals surface area contributed by atoms with Gasteiger partial charge in [0, 0.05) is 0 Å². The molecule has 0 aliphatic heterocycles. The van der Waals surface area contributed by atoms with E-state index < -0.39 is 0 Å². The Balaban J connectivity index is 1.58. The largest absolute Gasteiger partial charge is 0.393 e. The minimum Gasteiger partial charge on any atom is -0.393 e. The molecule has 0 aromatic heterocycles. The van der Waals surface area contributed by atoms with Crippen LogP contribution < -0.4 is 0 Å². The number of rotatable bonds is 0. The molecule has 0 radical (unpaired) electrons. The van der Waals surface area contributed by atoms with Gasteiger partial charge in [0.2, 0.25) is 0 Å². The third kappa shape index (κ3) is 2.45. The summed E-state index contributed by atoms with van der Waals surface area (Å²) >= 11 is 0. The van der Waals surface area contributed by atoms with Gasteiger partial charge in [-0.25, -0.2) is 0 Å². The van der Waals surface area contributed by atoms with Crippen LogP contribution in [0.15, 0.2) is 11.6 Å². The molecule has 1 N–H and O–H groups in total. The third-order valence-electron chi connectivity index (χ3n) is 12.6. The van der Waals surface area contributed by atoms with Crippen LogP contribution in [0, 0.1) is 50.2 Å². The average molecular weight is 413 g/mol. The van der Waals surface area contributed by atoms with Crippen LogP contribution in [-0.2, 0) is 0 Å². The van der Waals surface area contributed by atoms with E-state index in [4.69, 9.17) is 0 Å². The molecule has 8 unspecified atom stereocenters. The molecule has 0 heterocycles. The Kier molecular flexibility index (Phi) is 4.29. The van der Waals surface area contributed by atoms with Crippen molar-refractivity contribution < 1.29 is 5.11 Å². The molecule has 0 spiro atoms. The maximum atomic E-state index is 10.9. The van der Waals surface area contributed by atoms with Crippen molar-refractivity contribution in [1.29, 1.82) is 0 Å². The molecule has 0 bridgehead atoms. The first-order chi connectivity index (χ1) is 13.7. The maximum absolute atomic E-state index is 10.9. The topological polar surface area (TPSA) is 20.2 Å². The highest BCUT2D eigenvalue weighted by Gasteiger charge is 2.69. The van der Waals surface area contributed by atoms with Crippen molar-refractivity contribution in [3.63, 3.8) is 0 Å². The number of allylic oxidation sites excluding steroid dienone is 2. The Morgan fingerprint density at radius 3 is 2.23 bits per heavy atom. The molecular weight excluding hydrogens is 364 g/mol. The second-order valence-corrected chi connectivity index (χ2v) is 14.9. The number of hydrogen-bond donors (Lipinski definition) is 1. The maximum Gasteiger partial charge on any atom is 0.0594 e. The van der Waals surface area contributed by atoms with Gasteiger partial charge in [-0.1, -0.05) is 67.0 Å². The molecule has 8 atom stereocenters. The van der Waals surface area contributed by atoms with Crippen LogP contribution in [0.5, 0.6) is 0 Å². The molecule has 4 saturated carbocycles. The summed E-state index contributed by atoms with van der Waals surface area (Å²) < 4.78 is 0. The minimum atomic E-state index is -0.124. The Hall–Kier alpha value is -0.300. The number of aliphatic hydroxyl groups excluding tert-OH is 1. The van der Waals surface area contributed by atoms with Crippen LogP contribution in [0.2, 0.25) is 0 Å². The molecule has 5 aliphatic carbocycles. The van der Waals surface area contributed by atoms with E-state index in [0.717, 1.165) is 18.3 Å².